The maximum absolute atomic E-state index is 12.9. The lowest BCUT2D eigenvalue weighted by atomic mass is 10.0. The van der Waals surface area contributed by atoms with Gasteiger partial charge in [0.1, 0.15) is 22.9 Å². The molecule has 0 fully saturated rings. The number of benzene rings is 2. The van der Waals surface area contributed by atoms with E-state index in [1.807, 2.05) is 80.1 Å². The van der Waals surface area contributed by atoms with Crippen molar-refractivity contribution in [3.63, 3.8) is 0 Å². The Morgan fingerprint density at radius 3 is 2.50 bits per heavy atom. The minimum Gasteiger partial charge on any atom is -0.485 e. The van der Waals surface area contributed by atoms with Crippen molar-refractivity contribution in [2.45, 2.75) is 46.0 Å². The molecule has 0 aliphatic rings. The maximum Gasteiger partial charge on any atom is 0.341 e. The Balaban J connectivity index is 1.43. The molecule has 0 spiro atoms. The van der Waals surface area contributed by atoms with Crippen LogP contribution in [0.4, 0.5) is 5.00 Å². The highest BCUT2D eigenvalue weighted by Crippen LogP contribution is 2.36. The topological polar surface area (TPSA) is 95.3 Å². The zero-order valence-electron chi connectivity index (χ0n) is 22.0. The van der Waals surface area contributed by atoms with Crippen LogP contribution in [0.3, 0.4) is 0 Å². The number of rotatable bonds is 10. The molecule has 10 heteroatoms. The highest BCUT2D eigenvalue weighted by molar-refractivity contribution is 7.99. The number of hydrogen-bond acceptors (Lipinski definition) is 8. The van der Waals surface area contributed by atoms with Crippen molar-refractivity contribution in [1.82, 2.24) is 14.8 Å². The second kappa shape index (κ2) is 12.3. The van der Waals surface area contributed by atoms with Crippen molar-refractivity contribution in [2.24, 2.45) is 0 Å². The second-order valence-electron chi connectivity index (χ2n) is 8.75. The average Bonchev–Trinajstić information content (AvgIpc) is 3.51. The normalized spacial score (nSPS) is 10.9. The molecule has 0 saturated heterocycles. The molecule has 0 radical (unpaired) electrons. The maximum atomic E-state index is 12.9. The molecule has 4 rings (SSSR count). The molecule has 4 aromatic rings. The van der Waals surface area contributed by atoms with Crippen LogP contribution in [0.1, 0.15) is 39.8 Å². The molecule has 1 amide bonds. The van der Waals surface area contributed by atoms with Crippen molar-refractivity contribution in [1.29, 1.82) is 0 Å². The third-order valence-electron chi connectivity index (χ3n) is 5.94. The number of aryl methyl sites for hydroxylation is 3. The second-order valence-corrected chi connectivity index (χ2v) is 10.6. The Labute approximate surface area is 230 Å². The minimum absolute atomic E-state index is 0.106. The summed E-state index contributed by atoms with van der Waals surface area (Å²) in [4.78, 5) is 25.5. The number of ether oxygens (including phenoxy) is 2. The van der Waals surface area contributed by atoms with E-state index in [0.29, 0.717) is 28.1 Å². The average molecular weight is 551 g/mol. The Kier molecular flexibility index (Phi) is 8.85. The molecular weight excluding hydrogens is 520 g/mol. The molecule has 2 heterocycles. The van der Waals surface area contributed by atoms with Crippen molar-refractivity contribution < 1.29 is 19.1 Å². The van der Waals surface area contributed by atoms with E-state index >= 15 is 0 Å². The highest BCUT2D eigenvalue weighted by atomic mass is 32.2. The van der Waals surface area contributed by atoms with Gasteiger partial charge in [0.05, 0.1) is 12.9 Å². The number of aromatic nitrogens is 3. The zero-order chi connectivity index (χ0) is 27.2. The molecule has 2 aromatic heterocycles. The molecule has 198 valence electrons. The predicted octanol–water partition coefficient (Wildman–Crippen LogP) is 6.05. The summed E-state index contributed by atoms with van der Waals surface area (Å²) in [6.07, 6.45) is 0. The number of thioether (sulfide) groups is 1. The Bertz CT molecular complexity index is 1440. The van der Waals surface area contributed by atoms with E-state index in [1.165, 1.54) is 30.2 Å². The number of carbonyl (C=O) groups is 2. The number of nitrogens with zero attached hydrogens (tertiary/aromatic N) is 3. The molecular formula is C28H30N4O4S2. The van der Waals surface area contributed by atoms with E-state index < -0.39 is 5.97 Å². The van der Waals surface area contributed by atoms with Crippen LogP contribution in [0.2, 0.25) is 0 Å². The SMILES string of the molecule is CCn1c(COc2cc(C)ccc2C)nnc1SCC(=O)Nc1scc(-c2ccc(C)cc2)c1C(=O)OC. The van der Waals surface area contributed by atoms with Gasteiger partial charge in [0.25, 0.3) is 0 Å². The summed E-state index contributed by atoms with van der Waals surface area (Å²) in [5.74, 6) is 0.853. The van der Waals surface area contributed by atoms with E-state index in [9.17, 15) is 9.59 Å². The van der Waals surface area contributed by atoms with Gasteiger partial charge in [-0.15, -0.1) is 21.5 Å². The lowest BCUT2D eigenvalue weighted by Gasteiger charge is -2.11. The van der Waals surface area contributed by atoms with Gasteiger partial charge >= 0.3 is 5.97 Å². The minimum atomic E-state index is -0.496. The van der Waals surface area contributed by atoms with Crippen LogP contribution >= 0.6 is 23.1 Å². The molecule has 0 unspecified atom stereocenters. The number of esters is 1. The van der Waals surface area contributed by atoms with Gasteiger partial charge in [-0.05, 0) is 50.5 Å². The van der Waals surface area contributed by atoms with Gasteiger partial charge in [-0.2, -0.15) is 0 Å². The predicted molar refractivity (Wildman–Crippen MR) is 151 cm³/mol. The molecule has 1 N–H and O–H groups in total. The first kappa shape index (κ1) is 27.4. The molecule has 0 aliphatic heterocycles. The van der Waals surface area contributed by atoms with Crippen LogP contribution in [0.15, 0.2) is 53.0 Å². The van der Waals surface area contributed by atoms with Crippen LogP contribution in [0, 0.1) is 20.8 Å². The van der Waals surface area contributed by atoms with E-state index in [0.717, 1.165) is 33.6 Å². The lowest BCUT2D eigenvalue weighted by Crippen LogP contribution is -2.16. The van der Waals surface area contributed by atoms with Gasteiger partial charge < -0.3 is 19.4 Å². The summed E-state index contributed by atoms with van der Waals surface area (Å²) in [5.41, 5.74) is 5.25. The molecule has 38 heavy (non-hydrogen) atoms. The molecule has 0 bridgehead atoms. The first-order valence-electron chi connectivity index (χ1n) is 12.1. The van der Waals surface area contributed by atoms with Gasteiger partial charge in [-0.25, -0.2) is 4.79 Å². The van der Waals surface area contributed by atoms with Crippen molar-refractivity contribution in [3.8, 4) is 16.9 Å². The Hall–Kier alpha value is -3.63. The van der Waals surface area contributed by atoms with Gasteiger partial charge in [0.15, 0.2) is 11.0 Å². The zero-order valence-corrected chi connectivity index (χ0v) is 23.7. The van der Waals surface area contributed by atoms with Crippen molar-refractivity contribution in [3.05, 3.63) is 75.9 Å². The number of hydrogen-bond donors (Lipinski definition) is 1. The van der Waals surface area contributed by atoms with Crippen LogP contribution in [0.5, 0.6) is 5.75 Å². The van der Waals surface area contributed by atoms with Crippen LogP contribution < -0.4 is 10.1 Å². The summed E-state index contributed by atoms with van der Waals surface area (Å²) in [7, 11) is 1.33. The fraction of sp³-hybridized carbons (Fsp3) is 0.286. The van der Waals surface area contributed by atoms with Gasteiger partial charge in [-0.1, -0.05) is 53.7 Å². The van der Waals surface area contributed by atoms with Gasteiger partial charge in [-0.3, -0.25) is 4.79 Å². The summed E-state index contributed by atoms with van der Waals surface area (Å²) >= 11 is 2.58. The van der Waals surface area contributed by atoms with E-state index in [4.69, 9.17) is 9.47 Å². The number of thiophene rings is 1. The summed E-state index contributed by atoms with van der Waals surface area (Å²) in [6, 6.07) is 13.9. The summed E-state index contributed by atoms with van der Waals surface area (Å²) in [5, 5.41) is 14.4. The fourth-order valence-corrected chi connectivity index (χ4v) is 5.64. The molecule has 2 aromatic carbocycles. The third-order valence-corrected chi connectivity index (χ3v) is 7.80. The van der Waals surface area contributed by atoms with E-state index in [1.54, 1.807) is 0 Å². The number of anilines is 1. The quantitative estimate of drug-likeness (QED) is 0.190. The largest absolute Gasteiger partial charge is 0.485 e. The standard InChI is InChI=1S/C28H30N4O4S2/c1-6-32-23(14-36-22-13-18(3)7-10-19(22)4)30-31-28(32)38-16-24(33)29-26-25(27(34)35-5)21(15-37-26)20-11-8-17(2)9-12-20/h7-13,15H,6,14,16H2,1-5H3,(H,29,33). The number of carbonyl (C=O) groups excluding carboxylic acids is 2. The van der Waals surface area contributed by atoms with Crippen LogP contribution in [-0.4, -0.2) is 39.5 Å². The first-order chi connectivity index (χ1) is 18.3. The number of nitrogens with one attached hydrogen (secondary N) is 1. The Morgan fingerprint density at radius 1 is 1.05 bits per heavy atom. The fourth-order valence-electron chi connectivity index (χ4n) is 3.85. The monoisotopic (exact) mass is 550 g/mol. The number of methoxy groups -OCH3 is 1. The number of amides is 1. The molecule has 0 aliphatic carbocycles. The lowest BCUT2D eigenvalue weighted by molar-refractivity contribution is -0.113. The summed E-state index contributed by atoms with van der Waals surface area (Å²) < 4.78 is 12.9. The van der Waals surface area contributed by atoms with E-state index in [-0.39, 0.29) is 18.3 Å². The molecule has 0 saturated carbocycles. The highest BCUT2D eigenvalue weighted by Gasteiger charge is 2.23. The molecule has 0 atom stereocenters. The smallest absolute Gasteiger partial charge is 0.341 e. The molecule has 8 nitrogen and oxygen atoms in total. The van der Waals surface area contributed by atoms with E-state index in [2.05, 4.69) is 15.5 Å². The van der Waals surface area contributed by atoms with Crippen LogP contribution in [0.25, 0.3) is 11.1 Å². The van der Waals surface area contributed by atoms with Crippen LogP contribution in [-0.2, 0) is 22.7 Å². The summed E-state index contributed by atoms with van der Waals surface area (Å²) in [6.45, 7) is 8.94. The van der Waals surface area contributed by atoms with Gasteiger partial charge in [0.2, 0.25) is 5.91 Å². The van der Waals surface area contributed by atoms with Crippen molar-refractivity contribution >= 4 is 40.0 Å². The van der Waals surface area contributed by atoms with Gasteiger partial charge in [0, 0.05) is 17.5 Å². The van der Waals surface area contributed by atoms with Crippen molar-refractivity contribution in [2.75, 3.05) is 18.2 Å². The first-order valence-corrected chi connectivity index (χ1v) is 14.0. The third kappa shape index (κ3) is 6.25. The Morgan fingerprint density at radius 2 is 1.79 bits per heavy atom.